The van der Waals surface area contributed by atoms with Gasteiger partial charge < -0.3 is 9.88 Å². The van der Waals surface area contributed by atoms with Crippen molar-refractivity contribution >= 4 is 38.4 Å². The van der Waals surface area contributed by atoms with E-state index in [1.165, 1.54) is 37.7 Å². The van der Waals surface area contributed by atoms with Crippen LogP contribution in [0.15, 0.2) is 29.6 Å². The number of nitrogens with one attached hydrogen (secondary N) is 1. The van der Waals surface area contributed by atoms with Gasteiger partial charge in [-0.2, -0.15) is 22.8 Å². The van der Waals surface area contributed by atoms with E-state index in [1.807, 2.05) is 0 Å². The summed E-state index contributed by atoms with van der Waals surface area (Å²) in [4.78, 5) is 23.8. The van der Waals surface area contributed by atoms with Crippen LogP contribution in [-0.4, -0.2) is 49.2 Å². The number of nitrogens with zero attached hydrogens (tertiary/aromatic N) is 6. The fourth-order valence-electron chi connectivity index (χ4n) is 3.21. The minimum absolute atomic E-state index is 0.00638. The number of alkyl halides is 3. The van der Waals surface area contributed by atoms with E-state index >= 15 is 0 Å². The molecule has 0 aromatic carbocycles. The highest BCUT2D eigenvalue weighted by molar-refractivity contribution is 7.91. The van der Waals surface area contributed by atoms with Gasteiger partial charge in [-0.3, -0.25) is 4.79 Å². The van der Waals surface area contributed by atoms with E-state index in [2.05, 4.69) is 25.4 Å². The molecule has 0 spiro atoms. The topological polar surface area (TPSA) is 124 Å². The molecule has 0 unspecified atom stereocenters. The normalized spacial score (nSPS) is 12.6. The molecule has 0 aliphatic carbocycles. The maximum atomic E-state index is 13.1. The average Bonchev–Trinajstić information content (AvgIpc) is 3.26. The van der Waals surface area contributed by atoms with Crippen LogP contribution in [0, 0.1) is 0 Å². The average molecular weight is 467 g/mol. The largest absolute Gasteiger partial charge is 0.417 e. The maximum Gasteiger partial charge on any atom is 0.417 e. The minimum atomic E-state index is -4.62. The van der Waals surface area contributed by atoms with Gasteiger partial charge >= 0.3 is 6.18 Å². The molecule has 0 bridgehead atoms. The first-order chi connectivity index (χ1) is 14.9. The number of fused-ring (bicyclic) bond motifs is 2. The van der Waals surface area contributed by atoms with E-state index in [-0.39, 0.29) is 44.8 Å². The number of anilines is 1. The van der Waals surface area contributed by atoms with Crippen LogP contribution in [0.3, 0.4) is 0 Å². The quantitative estimate of drug-likeness (QED) is 0.489. The van der Waals surface area contributed by atoms with E-state index in [0.29, 0.717) is 6.20 Å². The minimum Gasteiger partial charge on any atom is -0.312 e. The van der Waals surface area contributed by atoms with Crippen LogP contribution in [0.4, 0.5) is 19.0 Å². The first-order valence-electron chi connectivity index (χ1n) is 9.22. The molecule has 32 heavy (non-hydrogen) atoms. The molecular weight excluding hydrogens is 451 g/mol. The molecule has 1 amide bonds. The Hall–Kier alpha value is -3.55. The Kier molecular flexibility index (Phi) is 4.91. The number of rotatable bonds is 4. The lowest BCUT2D eigenvalue weighted by Crippen LogP contribution is -2.11. The zero-order valence-electron chi connectivity index (χ0n) is 17.0. The fraction of sp³-hybridized carbons (Fsp3) is 0.278. The zero-order valence-corrected chi connectivity index (χ0v) is 17.8. The highest BCUT2D eigenvalue weighted by Gasteiger charge is 2.33. The van der Waals surface area contributed by atoms with Crippen LogP contribution in [-0.2, 0) is 27.9 Å². The zero-order chi connectivity index (χ0) is 23.4. The van der Waals surface area contributed by atoms with Crippen LogP contribution in [0.1, 0.15) is 19.4 Å². The monoisotopic (exact) mass is 467 g/mol. The summed E-state index contributed by atoms with van der Waals surface area (Å²) in [6.07, 6.45) is -2.59. The van der Waals surface area contributed by atoms with Crippen molar-refractivity contribution in [2.75, 3.05) is 11.1 Å². The molecule has 4 rings (SSSR count). The Morgan fingerprint density at radius 2 is 1.94 bits per heavy atom. The summed E-state index contributed by atoms with van der Waals surface area (Å²) in [6, 6.07) is 2.27. The summed E-state index contributed by atoms with van der Waals surface area (Å²) >= 11 is 0. The molecule has 0 aliphatic heterocycles. The molecule has 0 radical (unpaired) electrons. The van der Waals surface area contributed by atoms with E-state index < -0.39 is 27.5 Å². The van der Waals surface area contributed by atoms with Crippen LogP contribution < -0.4 is 5.32 Å². The predicted octanol–water partition coefficient (Wildman–Crippen LogP) is 2.45. The Balaban J connectivity index is 2.07. The number of hydrogen-bond donors (Lipinski definition) is 1. The molecule has 4 heterocycles. The lowest BCUT2D eigenvalue weighted by atomic mass is 10.2. The number of pyridine rings is 1. The smallest absolute Gasteiger partial charge is 0.312 e. The summed E-state index contributed by atoms with van der Waals surface area (Å²) in [6.45, 7) is 2.70. The Morgan fingerprint density at radius 3 is 2.56 bits per heavy atom. The van der Waals surface area contributed by atoms with Gasteiger partial charge in [0, 0.05) is 26.4 Å². The number of amides is 1. The number of carbonyl (C=O) groups is 1. The van der Waals surface area contributed by atoms with Crippen molar-refractivity contribution in [1.29, 1.82) is 0 Å². The third kappa shape index (κ3) is 3.45. The third-order valence-electron chi connectivity index (χ3n) is 4.72. The Morgan fingerprint density at radius 1 is 1.22 bits per heavy atom. The molecule has 168 valence electrons. The molecule has 14 heteroatoms. The van der Waals surface area contributed by atoms with E-state index in [9.17, 15) is 26.4 Å². The fourth-order valence-corrected chi connectivity index (χ4v) is 4.18. The summed E-state index contributed by atoms with van der Waals surface area (Å²) in [5.41, 5.74) is -0.896. The molecule has 0 saturated heterocycles. The first-order valence-corrected chi connectivity index (χ1v) is 10.9. The lowest BCUT2D eigenvalue weighted by molar-refractivity contribution is -0.137. The summed E-state index contributed by atoms with van der Waals surface area (Å²) < 4.78 is 67.5. The molecular formula is C18H16F3N7O3S. The SMILES string of the molecule is CCS(=O)(=O)c1nn2c(NC(C)=O)ccnc2c1-c1nc2cc(C(F)(F)F)cnc2n1C. The van der Waals surface area contributed by atoms with E-state index in [4.69, 9.17) is 0 Å². The van der Waals surface area contributed by atoms with Crippen LogP contribution >= 0.6 is 0 Å². The predicted molar refractivity (Wildman–Crippen MR) is 108 cm³/mol. The molecule has 4 aromatic rings. The van der Waals surface area contributed by atoms with E-state index in [1.54, 1.807) is 0 Å². The molecule has 0 aliphatic rings. The highest BCUT2D eigenvalue weighted by Crippen LogP contribution is 2.35. The van der Waals surface area contributed by atoms with Crippen molar-refractivity contribution in [2.24, 2.45) is 7.05 Å². The summed E-state index contributed by atoms with van der Waals surface area (Å²) in [7, 11) is -2.41. The van der Waals surface area contributed by atoms with Crippen molar-refractivity contribution in [3.63, 3.8) is 0 Å². The first kappa shape index (κ1) is 21.7. The summed E-state index contributed by atoms with van der Waals surface area (Å²) in [5.74, 6) is -0.528. The Bertz CT molecular complexity index is 1490. The van der Waals surface area contributed by atoms with Crippen LogP contribution in [0.2, 0.25) is 0 Å². The van der Waals surface area contributed by atoms with Gasteiger partial charge in [-0.05, 0) is 12.1 Å². The highest BCUT2D eigenvalue weighted by atomic mass is 32.2. The van der Waals surface area contributed by atoms with E-state index in [0.717, 1.165) is 10.6 Å². The van der Waals surface area contributed by atoms with Crippen molar-refractivity contribution in [3.8, 4) is 11.4 Å². The molecule has 4 aromatic heterocycles. The van der Waals surface area contributed by atoms with Crippen molar-refractivity contribution in [3.05, 3.63) is 30.1 Å². The molecule has 0 saturated carbocycles. The van der Waals surface area contributed by atoms with Gasteiger partial charge in [0.05, 0.1) is 11.3 Å². The number of aryl methyl sites for hydroxylation is 1. The van der Waals surface area contributed by atoms with Crippen molar-refractivity contribution < 1.29 is 26.4 Å². The van der Waals surface area contributed by atoms with Gasteiger partial charge in [0.2, 0.25) is 5.91 Å². The van der Waals surface area contributed by atoms with Gasteiger partial charge in [-0.1, -0.05) is 6.92 Å². The molecule has 1 N–H and O–H groups in total. The number of hydrogen-bond acceptors (Lipinski definition) is 7. The van der Waals surface area contributed by atoms with Gasteiger partial charge in [-0.25, -0.2) is 23.4 Å². The van der Waals surface area contributed by atoms with Crippen LogP contribution in [0.5, 0.6) is 0 Å². The number of sulfone groups is 1. The van der Waals surface area contributed by atoms with Crippen molar-refractivity contribution in [1.82, 2.24) is 29.1 Å². The molecule has 0 atom stereocenters. The second-order valence-electron chi connectivity index (χ2n) is 6.89. The van der Waals surface area contributed by atoms with Crippen molar-refractivity contribution in [2.45, 2.75) is 25.0 Å². The number of imidazole rings is 1. The second-order valence-corrected chi connectivity index (χ2v) is 9.08. The number of carbonyl (C=O) groups excluding carboxylic acids is 1. The van der Waals surface area contributed by atoms with Gasteiger partial charge in [0.15, 0.2) is 26.2 Å². The molecule has 10 nitrogen and oxygen atoms in total. The number of aromatic nitrogens is 6. The molecule has 0 fully saturated rings. The Labute approximate surface area is 179 Å². The standard InChI is InChI=1S/C18H16F3N7O3S/c1-4-32(30,31)17-13(15-22-6-5-12(24-9(2)29)28(15)26-17)16-25-11-7-10(18(19,20)21)8-23-14(11)27(16)3/h5-8H,4H2,1-3H3,(H,24,29). The van der Waals surface area contributed by atoms with Crippen LogP contribution in [0.25, 0.3) is 28.2 Å². The van der Waals surface area contributed by atoms with Gasteiger partial charge in [0.25, 0.3) is 0 Å². The summed E-state index contributed by atoms with van der Waals surface area (Å²) in [5, 5.41) is 6.33. The lowest BCUT2D eigenvalue weighted by Gasteiger charge is -2.05. The third-order valence-corrected chi connectivity index (χ3v) is 6.36. The number of halogens is 3. The maximum absolute atomic E-state index is 13.1. The second kappa shape index (κ2) is 7.25. The van der Waals surface area contributed by atoms with Gasteiger partial charge in [0.1, 0.15) is 22.7 Å². The van der Waals surface area contributed by atoms with Gasteiger partial charge in [-0.15, -0.1) is 0 Å².